The maximum atomic E-state index is 12.4. The number of rotatable bonds is 10. The van der Waals surface area contributed by atoms with Gasteiger partial charge in [0.15, 0.2) is 6.61 Å². The van der Waals surface area contributed by atoms with Gasteiger partial charge in [-0.15, -0.1) is 11.3 Å². The minimum atomic E-state index is -0.600. The van der Waals surface area contributed by atoms with Crippen LogP contribution >= 0.6 is 11.3 Å². The smallest absolute Gasteiger partial charge is 0.341 e. The zero-order valence-corrected chi connectivity index (χ0v) is 18.3. The fraction of sp³-hybridized carbons (Fsp3) is 0.450. The van der Waals surface area contributed by atoms with Gasteiger partial charge in [0, 0.05) is 19.4 Å². The highest BCUT2D eigenvalue weighted by molar-refractivity contribution is 7.15. The highest BCUT2D eigenvalue weighted by atomic mass is 32.1. The summed E-state index contributed by atoms with van der Waals surface area (Å²) in [6, 6.07) is 1.67. The Balaban J connectivity index is 1.94. The van der Waals surface area contributed by atoms with Gasteiger partial charge < -0.3 is 19.7 Å². The predicted molar refractivity (Wildman–Crippen MR) is 114 cm³/mol. The Hall–Kier alpha value is -3.01. The van der Waals surface area contributed by atoms with Crippen molar-refractivity contribution in [1.82, 2.24) is 9.97 Å². The van der Waals surface area contributed by atoms with Gasteiger partial charge >= 0.3 is 11.9 Å². The first-order valence-electron chi connectivity index (χ1n) is 9.52. The van der Waals surface area contributed by atoms with Crippen LogP contribution in [-0.4, -0.2) is 54.6 Å². The summed E-state index contributed by atoms with van der Waals surface area (Å²) >= 11 is 1.24. The van der Waals surface area contributed by atoms with Gasteiger partial charge in [-0.1, -0.05) is 13.8 Å². The summed E-state index contributed by atoms with van der Waals surface area (Å²) in [5.41, 5.74) is 1.18. The van der Waals surface area contributed by atoms with Crippen LogP contribution in [0.25, 0.3) is 0 Å². The molecule has 30 heavy (non-hydrogen) atoms. The summed E-state index contributed by atoms with van der Waals surface area (Å²) in [7, 11) is 1.64. The van der Waals surface area contributed by atoms with Gasteiger partial charge in [0.05, 0.1) is 12.2 Å². The lowest BCUT2D eigenvalue weighted by Crippen LogP contribution is -2.30. The Morgan fingerprint density at radius 2 is 1.90 bits per heavy atom. The van der Waals surface area contributed by atoms with Gasteiger partial charge in [-0.25, -0.2) is 14.8 Å². The summed E-state index contributed by atoms with van der Waals surface area (Å²) in [4.78, 5) is 46.2. The van der Waals surface area contributed by atoms with Crippen LogP contribution in [0.15, 0.2) is 23.8 Å². The highest BCUT2D eigenvalue weighted by Gasteiger charge is 2.22. The minimum absolute atomic E-state index is 0.108. The SMILES string of the molecule is CCOC(=O)c1c(CC(C)C)csc1NC(=O)COC(=O)CN(C)c1ncccn1. The summed E-state index contributed by atoms with van der Waals surface area (Å²) in [5.74, 6) is -0.911. The summed E-state index contributed by atoms with van der Waals surface area (Å²) in [6.07, 6.45) is 3.81. The van der Waals surface area contributed by atoms with E-state index in [0.717, 1.165) is 5.56 Å². The average molecular weight is 435 g/mol. The molecular formula is C20H26N4O5S. The summed E-state index contributed by atoms with van der Waals surface area (Å²) in [5, 5.41) is 4.87. The Morgan fingerprint density at radius 1 is 1.20 bits per heavy atom. The number of anilines is 2. The summed E-state index contributed by atoms with van der Waals surface area (Å²) in [6.45, 7) is 5.47. The summed E-state index contributed by atoms with van der Waals surface area (Å²) < 4.78 is 10.2. The lowest BCUT2D eigenvalue weighted by Gasteiger charge is -2.15. The van der Waals surface area contributed by atoms with E-state index in [1.807, 2.05) is 19.2 Å². The molecule has 0 radical (unpaired) electrons. The lowest BCUT2D eigenvalue weighted by molar-refractivity contribution is -0.145. The third-order valence-corrected chi connectivity index (χ3v) is 4.80. The third kappa shape index (κ3) is 6.80. The van der Waals surface area contributed by atoms with Gasteiger partial charge in [-0.2, -0.15) is 0 Å². The molecule has 0 atom stereocenters. The standard InChI is InChI=1S/C20H26N4O5S/c1-5-28-19(27)17-14(9-13(2)3)12-30-18(17)23-15(25)11-29-16(26)10-24(4)20-21-7-6-8-22-20/h6-8,12-13H,5,9-11H2,1-4H3,(H,23,25). The number of thiophene rings is 1. The van der Waals surface area contributed by atoms with E-state index < -0.39 is 24.5 Å². The number of aromatic nitrogens is 2. The molecule has 0 fully saturated rings. The molecule has 9 nitrogen and oxygen atoms in total. The number of amides is 1. The molecule has 1 N–H and O–H groups in total. The molecule has 0 bridgehead atoms. The van der Waals surface area contributed by atoms with E-state index in [4.69, 9.17) is 9.47 Å². The molecule has 2 aromatic heterocycles. The molecule has 1 amide bonds. The van der Waals surface area contributed by atoms with Crippen LogP contribution in [-0.2, 0) is 25.5 Å². The van der Waals surface area contributed by atoms with Gasteiger partial charge in [0.2, 0.25) is 5.95 Å². The van der Waals surface area contributed by atoms with E-state index in [1.54, 1.807) is 32.4 Å². The molecule has 0 saturated carbocycles. The average Bonchev–Trinajstić information content (AvgIpc) is 3.08. The molecule has 0 saturated heterocycles. The van der Waals surface area contributed by atoms with E-state index >= 15 is 0 Å². The maximum absolute atomic E-state index is 12.4. The van der Waals surface area contributed by atoms with E-state index in [-0.39, 0.29) is 13.2 Å². The van der Waals surface area contributed by atoms with Gasteiger partial charge in [-0.05, 0) is 36.3 Å². The molecule has 0 spiro atoms. The fourth-order valence-corrected chi connectivity index (χ4v) is 3.59. The van der Waals surface area contributed by atoms with Crippen LogP contribution in [0.5, 0.6) is 0 Å². The van der Waals surface area contributed by atoms with E-state index in [1.165, 1.54) is 16.2 Å². The third-order valence-electron chi connectivity index (χ3n) is 3.85. The van der Waals surface area contributed by atoms with Crippen molar-refractivity contribution < 1.29 is 23.9 Å². The molecule has 0 aliphatic rings. The van der Waals surface area contributed by atoms with Crippen LogP contribution in [0.3, 0.4) is 0 Å². The van der Waals surface area contributed by atoms with Crippen molar-refractivity contribution in [2.24, 2.45) is 5.92 Å². The van der Waals surface area contributed by atoms with Crippen LogP contribution < -0.4 is 10.2 Å². The Bertz CT molecular complexity index is 869. The first kappa shape index (κ1) is 23.3. The molecule has 2 rings (SSSR count). The van der Waals surface area contributed by atoms with E-state index in [2.05, 4.69) is 15.3 Å². The molecular weight excluding hydrogens is 408 g/mol. The molecule has 162 valence electrons. The molecule has 0 unspecified atom stereocenters. The zero-order chi connectivity index (χ0) is 22.1. The van der Waals surface area contributed by atoms with Crippen molar-refractivity contribution in [2.75, 3.05) is 37.0 Å². The Morgan fingerprint density at radius 3 is 2.53 bits per heavy atom. The number of likely N-dealkylation sites (N-methyl/N-ethyl adjacent to an activating group) is 1. The van der Waals surface area contributed by atoms with Crippen molar-refractivity contribution in [2.45, 2.75) is 27.2 Å². The van der Waals surface area contributed by atoms with E-state index in [9.17, 15) is 14.4 Å². The second-order valence-corrected chi connectivity index (χ2v) is 7.78. The van der Waals surface area contributed by atoms with Gasteiger partial charge in [-0.3, -0.25) is 9.59 Å². The number of nitrogens with zero attached hydrogens (tertiary/aromatic N) is 3. The van der Waals surface area contributed by atoms with Gasteiger partial charge in [0.25, 0.3) is 5.91 Å². The van der Waals surface area contributed by atoms with Crippen molar-refractivity contribution in [3.63, 3.8) is 0 Å². The van der Waals surface area contributed by atoms with Crippen molar-refractivity contribution in [3.05, 3.63) is 35.0 Å². The quantitative estimate of drug-likeness (QED) is 0.568. The zero-order valence-electron chi connectivity index (χ0n) is 17.5. The second-order valence-electron chi connectivity index (χ2n) is 6.90. The monoisotopic (exact) mass is 434 g/mol. The largest absolute Gasteiger partial charge is 0.462 e. The Labute approximate surface area is 179 Å². The van der Waals surface area contributed by atoms with Crippen LogP contribution in [0, 0.1) is 5.92 Å². The molecule has 0 aliphatic heterocycles. The molecule has 0 aliphatic carbocycles. The molecule has 0 aromatic carbocycles. The molecule has 10 heteroatoms. The number of carbonyl (C=O) groups is 3. The number of carbonyl (C=O) groups excluding carboxylic acids is 3. The van der Waals surface area contributed by atoms with E-state index in [0.29, 0.717) is 28.9 Å². The van der Waals surface area contributed by atoms with Gasteiger partial charge in [0.1, 0.15) is 11.5 Å². The van der Waals surface area contributed by atoms with Crippen molar-refractivity contribution in [3.8, 4) is 0 Å². The fourth-order valence-electron chi connectivity index (χ4n) is 2.61. The number of hydrogen-bond acceptors (Lipinski definition) is 9. The number of nitrogens with one attached hydrogen (secondary N) is 1. The molecule has 2 aromatic rings. The number of hydrogen-bond donors (Lipinski definition) is 1. The minimum Gasteiger partial charge on any atom is -0.462 e. The predicted octanol–water partition coefficient (Wildman–Crippen LogP) is 2.53. The van der Waals surface area contributed by atoms with Crippen LogP contribution in [0.4, 0.5) is 10.9 Å². The first-order valence-corrected chi connectivity index (χ1v) is 10.4. The topological polar surface area (TPSA) is 111 Å². The number of ether oxygens (including phenoxy) is 2. The lowest BCUT2D eigenvalue weighted by atomic mass is 10.0. The van der Waals surface area contributed by atoms with Crippen LogP contribution in [0.1, 0.15) is 36.7 Å². The normalized spacial score (nSPS) is 10.6. The van der Waals surface area contributed by atoms with Crippen molar-refractivity contribution >= 4 is 40.1 Å². The maximum Gasteiger partial charge on any atom is 0.341 e. The number of esters is 2. The second kappa shape index (κ2) is 11.2. The highest BCUT2D eigenvalue weighted by Crippen LogP contribution is 2.30. The molecule has 2 heterocycles. The first-order chi connectivity index (χ1) is 14.3. The Kier molecular flexibility index (Phi) is 8.72. The van der Waals surface area contributed by atoms with Crippen molar-refractivity contribution in [1.29, 1.82) is 0 Å². The van der Waals surface area contributed by atoms with Crippen LogP contribution in [0.2, 0.25) is 0 Å².